The summed E-state index contributed by atoms with van der Waals surface area (Å²) >= 11 is 8.58. The fraction of sp³-hybridized carbons (Fsp3) is 0.300. The van der Waals surface area contributed by atoms with Gasteiger partial charge >= 0.3 is 12.4 Å². The van der Waals surface area contributed by atoms with E-state index in [-0.39, 0.29) is 5.02 Å². The second-order valence-corrected chi connectivity index (χ2v) is 6.07. The molecule has 1 aromatic carbocycles. The molecule has 2 N–H and O–H groups in total. The number of halogens is 8. The average molecular weight is 387 g/mol. The molecule has 0 aliphatic carbocycles. The molecule has 0 unspecified atom stereocenters. The molecule has 124 valence electrons. The van der Waals surface area contributed by atoms with E-state index in [1.165, 1.54) is 0 Å². The molecule has 0 amide bonds. The third-order valence-corrected chi connectivity index (χ3v) is 4.22. The first-order valence-corrected chi connectivity index (χ1v) is 7.24. The van der Waals surface area contributed by atoms with Crippen molar-refractivity contribution in [1.82, 2.24) is 0 Å². The van der Waals surface area contributed by atoms with Crippen LogP contribution in [0.1, 0.15) is 0 Å². The van der Waals surface area contributed by atoms with Gasteiger partial charge in [-0.1, -0.05) is 23.2 Å². The maximum Gasteiger partial charge on any atom is 0.448 e. The zero-order valence-corrected chi connectivity index (χ0v) is 12.6. The van der Waals surface area contributed by atoms with Gasteiger partial charge in [0.05, 0.1) is 15.7 Å². The summed E-state index contributed by atoms with van der Waals surface area (Å²) in [5, 5.41) is -0.776. The molecular weight excluding hydrogens is 381 g/mol. The highest BCUT2D eigenvalue weighted by atomic mass is 35.5. The topological polar surface area (TPSA) is 61.4 Å². The number of hydrogen-bond donors (Lipinski definition) is 1. The molecule has 3 nitrogen and oxygen atoms in total. The summed E-state index contributed by atoms with van der Waals surface area (Å²) in [5.41, 5.74) is 4.10. The minimum absolute atomic E-state index is 0.384. The molecule has 12 heteroatoms. The Morgan fingerprint density at radius 3 is 2.14 bits per heavy atom. The minimum Gasteiger partial charge on any atom is -0.611 e. The van der Waals surface area contributed by atoms with Crippen LogP contribution in [0.4, 0.5) is 32.0 Å². The lowest BCUT2D eigenvalue weighted by atomic mass is 10.3. The van der Waals surface area contributed by atoms with E-state index in [0.29, 0.717) is 6.07 Å². The molecule has 0 aliphatic rings. The standard InChI is InChI=1S/C10H6Cl2F6N2OS/c11-4-1-5(12)7(22(21)3-9(13,14)15)2-6(4)20-8(19)10(16,17)18/h1-2H,3H2,(H2,19,20)/t22-/m1/s1. The number of nitrogens with two attached hydrogens (primary N) is 1. The van der Waals surface area contributed by atoms with Gasteiger partial charge in [-0.15, -0.1) is 0 Å². The van der Waals surface area contributed by atoms with Gasteiger partial charge in [0.25, 0.3) is 0 Å². The van der Waals surface area contributed by atoms with Crippen molar-refractivity contribution in [3.05, 3.63) is 22.2 Å². The largest absolute Gasteiger partial charge is 0.611 e. The lowest BCUT2D eigenvalue weighted by Gasteiger charge is -2.14. The number of alkyl halides is 6. The summed E-state index contributed by atoms with van der Waals surface area (Å²) in [6.07, 6.45) is -9.70. The van der Waals surface area contributed by atoms with E-state index < -0.39 is 50.7 Å². The lowest BCUT2D eigenvalue weighted by molar-refractivity contribution is -0.106. The highest BCUT2D eigenvalue weighted by Crippen LogP contribution is 2.36. The van der Waals surface area contributed by atoms with Gasteiger partial charge in [0.2, 0.25) is 11.6 Å². The zero-order chi connectivity index (χ0) is 17.3. The molecule has 0 saturated carbocycles. The molecule has 0 fully saturated rings. The van der Waals surface area contributed by atoms with Crippen molar-refractivity contribution in [2.24, 2.45) is 10.7 Å². The number of amidine groups is 1. The van der Waals surface area contributed by atoms with Crippen LogP contribution in [0.15, 0.2) is 22.0 Å². The van der Waals surface area contributed by atoms with Crippen LogP contribution in [0.3, 0.4) is 0 Å². The maximum absolute atomic E-state index is 12.3. The van der Waals surface area contributed by atoms with Gasteiger partial charge in [0.1, 0.15) is 0 Å². The highest BCUT2D eigenvalue weighted by molar-refractivity contribution is 7.91. The minimum atomic E-state index is -4.95. The summed E-state index contributed by atoms with van der Waals surface area (Å²) in [4.78, 5) is 2.43. The van der Waals surface area contributed by atoms with E-state index in [1.807, 2.05) is 0 Å². The van der Waals surface area contributed by atoms with Gasteiger partial charge in [0, 0.05) is 6.07 Å². The lowest BCUT2D eigenvalue weighted by Crippen LogP contribution is -2.30. The summed E-state index contributed by atoms with van der Waals surface area (Å²) in [7, 11) is 0. The Morgan fingerprint density at radius 1 is 1.14 bits per heavy atom. The van der Waals surface area contributed by atoms with Crippen LogP contribution in [0.2, 0.25) is 10.0 Å². The van der Waals surface area contributed by atoms with E-state index in [1.54, 1.807) is 0 Å². The molecule has 0 aliphatic heterocycles. The Balaban J connectivity index is 3.26. The molecule has 1 rings (SSSR count). The van der Waals surface area contributed by atoms with Crippen molar-refractivity contribution in [3.8, 4) is 0 Å². The summed E-state index contributed by atoms with van der Waals surface area (Å²) in [5.74, 6) is -3.48. The Morgan fingerprint density at radius 2 is 1.68 bits per heavy atom. The summed E-state index contributed by atoms with van der Waals surface area (Å²) < 4.78 is 85.1. The fourth-order valence-electron chi connectivity index (χ4n) is 1.20. The predicted octanol–water partition coefficient (Wildman–Crippen LogP) is 4.21. The Labute approximate surface area is 133 Å². The number of aliphatic imine (C=N–C) groups is 1. The average Bonchev–Trinajstić information content (AvgIpc) is 2.28. The smallest absolute Gasteiger partial charge is 0.448 e. The Bertz CT molecular complexity index is 590. The molecule has 22 heavy (non-hydrogen) atoms. The van der Waals surface area contributed by atoms with Crippen molar-refractivity contribution in [2.75, 3.05) is 5.75 Å². The van der Waals surface area contributed by atoms with Crippen LogP contribution in [0.25, 0.3) is 0 Å². The van der Waals surface area contributed by atoms with Crippen LogP contribution >= 0.6 is 23.2 Å². The van der Waals surface area contributed by atoms with Crippen molar-refractivity contribution < 1.29 is 30.9 Å². The van der Waals surface area contributed by atoms with E-state index in [0.717, 1.165) is 6.07 Å². The number of nitrogens with zero attached hydrogens (tertiary/aromatic N) is 1. The van der Waals surface area contributed by atoms with Gasteiger partial charge in [-0.25, -0.2) is 4.99 Å². The molecular formula is C10H6Cl2F6N2OS. The summed E-state index contributed by atoms with van der Waals surface area (Å²) in [6, 6.07) is 1.51. The quantitative estimate of drug-likeness (QED) is 0.366. The first kappa shape index (κ1) is 19.2. The normalized spacial score (nSPS) is 15.0. The molecule has 1 atom stereocenters. The van der Waals surface area contributed by atoms with Gasteiger partial charge in [-0.2, -0.15) is 26.3 Å². The summed E-state index contributed by atoms with van der Waals surface area (Å²) in [6.45, 7) is 0. The van der Waals surface area contributed by atoms with Gasteiger partial charge in [-0.3, -0.25) is 0 Å². The van der Waals surface area contributed by atoms with Crippen LogP contribution < -0.4 is 5.73 Å². The SMILES string of the molecule is NC(=Nc1cc([S@+]([O-])CC(F)(F)F)c(Cl)cc1Cl)C(F)(F)F. The molecule has 1 aromatic rings. The fourth-order valence-corrected chi connectivity index (χ4v) is 2.85. The first-order chi connectivity index (χ1) is 9.81. The van der Waals surface area contributed by atoms with E-state index in [9.17, 15) is 30.9 Å². The third kappa shape index (κ3) is 5.41. The monoisotopic (exact) mass is 386 g/mol. The van der Waals surface area contributed by atoms with Crippen molar-refractivity contribution in [2.45, 2.75) is 17.2 Å². The number of rotatable bonds is 3. The molecule has 0 bridgehead atoms. The van der Waals surface area contributed by atoms with Gasteiger partial charge < -0.3 is 10.3 Å². The number of hydrogen-bond acceptors (Lipinski definition) is 2. The molecule has 0 spiro atoms. The van der Waals surface area contributed by atoms with Crippen LogP contribution in [-0.2, 0) is 11.2 Å². The van der Waals surface area contributed by atoms with E-state index >= 15 is 0 Å². The Kier molecular flexibility index (Phi) is 5.88. The molecule has 0 radical (unpaired) electrons. The predicted molar refractivity (Wildman–Crippen MR) is 71.1 cm³/mol. The highest BCUT2D eigenvalue weighted by Gasteiger charge is 2.37. The van der Waals surface area contributed by atoms with Gasteiger partial charge in [-0.05, 0) is 17.2 Å². The maximum atomic E-state index is 12.3. The molecule has 0 heterocycles. The number of benzene rings is 1. The van der Waals surface area contributed by atoms with Crippen molar-refractivity contribution in [1.29, 1.82) is 0 Å². The second kappa shape index (κ2) is 6.73. The second-order valence-electron chi connectivity index (χ2n) is 3.83. The van der Waals surface area contributed by atoms with Crippen molar-refractivity contribution >= 4 is 45.9 Å². The first-order valence-electron chi connectivity index (χ1n) is 5.17. The van der Waals surface area contributed by atoms with Crippen LogP contribution in [0, 0.1) is 0 Å². The van der Waals surface area contributed by atoms with Crippen molar-refractivity contribution in [3.63, 3.8) is 0 Å². The molecule has 0 aromatic heterocycles. The van der Waals surface area contributed by atoms with E-state index in [2.05, 4.69) is 4.99 Å². The van der Waals surface area contributed by atoms with Crippen LogP contribution in [0.5, 0.6) is 0 Å². The van der Waals surface area contributed by atoms with E-state index in [4.69, 9.17) is 28.9 Å². The zero-order valence-electron chi connectivity index (χ0n) is 10.2. The van der Waals surface area contributed by atoms with Gasteiger partial charge in [0.15, 0.2) is 4.90 Å². The molecule has 0 saturated heterocycles. The Hall–Kier alpha value is -0.840. The van der Waals surface area contributed by atoms with Crippen LogP contribution in [-0.4, -0.2) is 28.5 Å². The third-order valence-electron chi connectivity index (χ3n) is 2.07.